The van der Waals surface area contributed by atoms with Crippen molar-refractivity contribution in [1.29, 1.82) is 0 Å². The molecule has 4 nitrogen and oxygen atoms in total. The summed E-state index contributed by atoms with van der Waals surface area (Å²) >= 11 is 0. The van der Waals surface area contributed by atoms with Crippen molar-refractivity contribution in [3.8, 4) is 0 Å². The molecular formula is H2Co2Mn2Ni2O4S. The average Bonchev–Trinajstić information content (AvgIpc) is 0.722. The van der Waals surface area contributed by atoms with Gasteiger partial charge >= 0.3 is 10.4 Å². The van der Waals surface area contributed by atoms with E-state index < -0.39 is 10.4 Å². The Morgan fingerprint density at radius 2 is 0.818 bits per heavy atom. The molecule has 0 aromatic heterocycles. The molecule has 11 heteroatoms. The first-order chi connectivity index (χ1) is 2.00. The van der Waals surface area contributed by atoms with Crippen LogP contribution in [0.25, 0.3) is 0 Å². The topological polar surface area (TPSA) is 74.6 Å². The summed E-state index contributed by atoms with van der Waals surface area (Å²) in [5.74, 6) is 0. The minimum absolute atomic E-state index is 0. The van der Waals surface area contributed by atoms with Crippen LogP contribution in [0.2, 0.25) is 0 Å². The Kier molecular flexibility index (Phi) is 102. The second-order valence-corrected chi connectivity index (χ2v) is 1.34. The molecule has 0 aromatic carbocycles. The maximum atomic E-state index is 8.74. The number of rotatable bonds is 0. The second-order valence-electron chi connectivity index (χ2n) is 0.448. The summed E-state index contributed by atoms with van der Waals surface area (Å²) in [6, 6.07) is 0. The molecule has 0 rings (SSSR count). The summed E-state index contributed by atoms with van der Waals surface area (Å²) < 4.78 is 31.6. The van der Waals surface area contributed by atoms with Gasteiger partial charge in [-0.2, -0.15) is 8.42 Å². The van der Waals surface area contributed by atoms with Crippen LogP contribution in [0.15, 0.2) is 0 Å². The van der Waals surface area contributed by atoms with E-state index in [1.54, 1.807) is 0 Å². The Balaban J connectivity index is -0.00000000533. The fraction of sp³-hybridized carbons (Fsp3) is 0. The summed E-state index contributed by atoms with van der Waals surface area (Å²) in [6.45, 7) is 0. The molecule has 0 unspecified atom stereocenters. The SMILES string of the molecule is O=S(=O)(O)O.[Co].[Co].[Mn].[Mn].[Ni].[Ni]. The molecule has 84 valence electrons. The van der Waals surface area contributed by atoms with E-state index in [0.29, 0.717) is 0 Å². The van der Waals surface area contributed by atoms with Gasteiger partial charge in [-0.3, -0.25) is 9.11 Å². The third-order valence-electron chi connectivity index (χ3n) is 0. The zero-order valence-corrected chi connectivity index (χ0v) is 11.4. The van der Waals surface area contributed by atoms with Crippen LogP contribution >= 0.6 is 0 Å². The monoisotopic (exact) mass is 442 g/mol. The molecule has 0 aromatic rings. The van der Waals surface area contributed by atoms with Crippen LogP contribution < -0.4 is 0 Å². The molecule has 0 fully saturated rings. The maximum Gasteiger partial charge on any atom is 0.394 e. The van der Waals surface area contributed by atoms with Crippen molar-refractivity contribution in [2.45, 2.75) is 0 Å². The number of hydrogen-bond acceptors (Lipinski definition) is 2. The van der Waals surface area contributed by atoms with Gasteiger partial charge in [-0.05, 0) is 0 Å². The normalized spacial score (nSPS) is 5.27. The van der Waals surface area contributed by atoms with Crippen molar-refractivity contribution >= 4 is 10.4 Å². The van der Waals surface area contributed by atoms with Gasteiger partial charge in [0.15, 0.2) is 0 Å². The first-order valence-electron chi connectivity index (χ1n) is 0.698. The third-order valence-corrected chi connectivity index (χ3v) is 0. The molecule has 0 amide bonds. The standard InChI is InChI=1S/2Co.2Mn.2Ni.H2O4S/c;;;;;;1-5(2,3)4/h;;;;;;(H2,1,2,3,4). The first-order valence-corrected chi connectivity index (χ1v) is 2.10. The van der Waals surface area contributed by atoms with E-state index in [4.69, 9.17) is 17.5 Å². The molecule has 0 bridgehead atoms. The van der Waals surface area contributed by atoms with Gasteiger partial charge in [-0.25, -0.2) is 0 Å². The molecule has 0 aliphatic rings. The summed E-state index contributed by atoms with van der Waals surface area (Å²) in [5, 5.41) is 0. The summed E-state index contributed by atoms with van der Waals surface area (Å²) in [6.07, 6.45) is 0. The molecule has 0 heterocycles. The summed E-state index contributed by atoms with van der Waals surface area (Å²) in [5.41, 5.74) is 0. The maximum absolute atomic E-state index is 8.74. The molecule has 0 atom stereocenters. The van der Waals surface area contributed by atoms with Gasteiger partial charge < -0.3 is 0 Å². The number of hydrogen-bond donors (Lipinski definition) is 2. The minimum Gasteiger partial charge on any atom is -0.264 e. The van der Waals surface area contributed by atoms with Crippen molar-refractivity contribution in [3.05, 3.63) is 0 Å². The van der Waals surface area contributed by atoms with Crippen LogP contribution in [0.1, 0.15) is 0 Å². The van der Waals surface area contributed by atoms with Crippen molar-refractivity contribution in [3.63, 3.8) is 0 Å². The van der Waals surface area contributed by atoms with Crippen molar-refractivity contribution in [2.24, 2.45) is 0 Å². The molecule has 0 aliphatic carbocycles. The fourth-order valence-electron chi connectivity index (χ4n) is 0. The summed E-state index contributed by atoms with van der Waals surface area (Å²) in [4.78, 5) is 0. The van der Waals surface area contributed by atoms with E-state index in [2.05, 4.69) is 0 Å². The molecule has 0 saturated carbocycles. The molecule has 2 N–H and O–H groups in total. The zero-order valence-electron chi connectivity index (χ0n) is 4.17. The molecule has 11 heavy (non-hydrogen) atoms. The van der Waals surface area contributed by atoms with E-state index >= 15 is 0 Å². The van der Waals surface area contributed by atoms with Gasteiger partial charge in [0.1, 0.15) is 0 Å². The van der Waals surface area contributed by atoms with Gasteiger partial charge in [0.2, 0.25) is 0 Å². The van der Waals surface area contributed by atoms with Crippen LogP contribution in [0, 0.1) is 0 Å². The van der Waals surface area contributed by atoms with Crippen LogP contribution in [0.5, 0.6) is 0 Å². The Labute approximate surface area is 127 Å². The van der Waals surface area contributed by atoms with Gasteiger partial charge in [-0.1, -0.05) is 0 Å². The van der Waals surface area contributed by atoms with Gasteiger partial charge in [0.05, 0.1) is 0 Å². The molecule has 4 radical (unpaired) electrons. The smallest absolute Gasteiger partial charge is 0.264 e. The minimum atomic E-state index is -4.67. The van der Waals surface area contributed by atoms with Gasteiger partial charge in [-0.15, -0.1) is 0 Å². The zero-order chi connectivity index (χ0) is 4.50. The Bertz CT molecular complexity index is 107. The third kappa shape index (κ3) is 182. The quantitative estimate of drug-likeness (QED) is 0.385. The van der Waals surface area contributed by atoms with Crippen molar-refractivity contribution in [2.75, 3.05) is 0 Å². The van der Waals surface area contributed by atoms with E-state index in [1.807, 2.05) is 0 Å². The molecule has 0 saturated heterocycles. The fourth-order valence-corrected chi connectivity index (χ4v) is 0. The van der Waals surface area contributed by atoms with Crippen LogP contribution in [0.3, 0.4) is 0 Å². The Hall–Kier alpha value is 2.91. The van der Waals surface area contributed by atoms with Gasteiger partial charge in [0.25, 0.3) is 0 Å². The molecular weight excluding hydrogens is 441 g/mol. The van der Waals surface area contributed by atoms with Crippen LogP contribution in [-0.2, 0) is 111 Å². The Morgan fingerprint density at radius 3 is 0.818 bits per heavy atom. The largest absolute Gasteiger partial charge is 0.394 e. The van der Waals surface area contributed by atoms with E-state index in [0.717, 1.165) is 0 Å². The van der Waals surface area contributed by atoms with E-state index in [1.165, 1.54) is 0 Å². The van der Waals surface area contributed by atoms with Crippen molar-refractivity contribution in [1.82, 2.24) is 0 Å². The molecule has 0 aliphatic heterocycles. The summed E-state index contributed by atoms with van der Waals surface area (Å²) in [7, 11) is -4.67. The predicted octanol–water partition coefficient (Wildman–Crippen LogP) is -0.668. The first kappa shape index (κ1) is 48.6. The van der Waals surface area contributed by atoms with E-state index in [-0.39, 0.29) is 101 Å². The Morgan fingerprint density at radius 1 is 0.818 bits per heavy atom. The molecule has 0 spiro atoms. The van der Waals surface area contributed by atoms with Crippen LogP contribution in [0.4, 0.5) is 0 Å². The van der Waals surface area contributed by atoms with E-state index in [9.17, 15) is 0 Å². The predicted molar refractivity (Wildman–Crippen MR) is 14.2 cm³/mol. The van der Waals surface area contributed by atoms with Crippen LogP contribution in [-0.4, -0.2) is 17.5 Å². The van der Waals surface area contributed by atoms with Gasteiger partial charge in [0, 0.05) is 101 Å². The second kappa shape index (κ2) is 23.1. The van der Waals surface area contributed by atoms with Crippen molar-refractivity contribution < 1.29 is 118 Å². The average molecular weight is 443 g/mol.